The molecule has 4 rings (SSSR count). The first-order valence-electron chi connectivity index (χ1n) is 9.25. The number of amides is 1. The van der Waals surface area contributed by atoms with Gasteiger partial charge in [-0.3, -0.25) is 9.69 Å². The van der Waals surface area contributed by atoms with E-state index in [0.717, 1.165) is 16.0 Å². The fourth-order valence-electron chi connectivity index (χ4n) is 3.14. The average Bonchev–Trinajstić information content (AvgIpc) is 3.50. The number of rotatable bonds is 8. The highest BCUT2D eigenvalue weighted by Crippen LogP contribution is 2.41. The standard InChI is InChI=1S/C20H18Cl2N4O3S2/c1-28-13-4-5-14(29-2)17-16(13)24-20(31-17)26(8-3-7-25-9-6-23-11-25)19(27)12-10-15(21)30-18(12)22/h4-6,9-11H,3,7-8H2,1-2H3. The van der Waals surface area contributed by atoms with Crippen LogP contribution in [0.15, 0.2) is 36.9 Å². The van der Waals surface area contributed by atoms with Gasteiger partial charge in [0.2, 0.25) is 0 Å². The molecule has 0 spiro atoms. The van der Waals surface area contributed by atoms with Crippen molar-refractivity contribution in [3.8, 4) is 11.5 Å². The van der Waals surface area contributed by atoms with E-state index in [0.29, 0.717) is 55.9 Å². The Labute approximate surface area is 196 Å². The number of benzene rings is 1. The minimum absolute atomic E-state index is 0.254. The topological polar surface area (TPSA) is 69.5 Å². The summed E-state index contributed by atoms with van der Waals surface area (Å²) >= 11 is 14.9. The number of carbonyl (C=O) groups is 1. The van der Waals surface area contributed by atoms with Crippen molar-refractivity contribution in [3.05, 3.63) is 51.2 Å². The third-order valence-electron chi connectivity index (χ3n) is 4.62. The molecule has 0 aliphatic carbocycles. The second-order valence-electron chi connectivity index (χ2n) is 6.49. The normalized spacial score (nSPS) is 11.1. The van der Waals surface area contributed by atoms with E-state index in [2.05, 4.69) is 4.98 Å². The molecule has 0 bridgehead atoms. The van der Waals surface area contributed by atoms with Crippen molar-refractivity contribution in [3.63, 3.8) is 0 Å². The summed E-state index contributed by atoms with van der Waals surface area (Å²) in [5.41, 5.74) is 1.00. The van der Waals surface area contributed by atoms with Gasteiger partial charge in [0.25, 0.3) is 5.91 Å². The van der Waals surface area contributed by atoms with E-state index in [4.69, 9.17) is 37.7 Å². The number of carbonyl (C=O) groups excluding carboxylic acids is 1. The van der Waals surface area contributed by atoms with Crippen LogP contribution in [0, 0.1) is 0 Å². The summed E-state index contributed by atoms with van der Waals surface area (Å²) in [6.45, 7) is 1.14. The third-order valence-corrected chi connectivity index (χ3v) is 7.20. The summed E-state index contributed by atoms with van der Waals surface area (Å²) in [6, 6.07) is 5.21. The maximum Gasteiger partial charge on any atom is 0.262 e. The molecule has 1 amide bonds. The molecule has 0 radical (unpaired) electrons. The Bertz CT molecular complexity index is 1170. The predicted octanol–water partition coefficient (Wildman–Crippen LogP) is 5.62. The Morgan fingerprint density at radius 3 is 2.61 bits per heavy atom. The number of halogens is 2. The first kappa shape index (κ1) is 21.9. The molecule has 0 aliphatic heterocycles. The van der Waals surface area contributed by atoms with E-state index in [1.807, 2.05) is 16.8 Å². The number of nitrogens with zero attached hydrogens (tertiary/aromatic N) is 4. The molecule has 1 aromatic carbocycles. The van der Waals surface area contributed by atoms with Gasteiger partial charge in [-0.25, -0.2) is 9.97 Å². The first-order valence-corrected chi connectivity index (χ1v) is 11.6. The summed E-state index contributed by atoms with van der Waals surface area (Å²) in [7, 11) is 3.18. The number of hydrogen-bond acceptors (Lipinski definition) is 7. The van der Waals surface area contributed by atoms with E-state index < -0.39 is 0 Å². The van der Waals surface area contributed by atoms with Crippen LogP contribution in [0.3, 0.4) is 0 Å². The minimum atomic E-state index is -0.254. The molecule has 3 heterocycles. The van der Waals surface area contributed by atoms with E-state index in [9.17, 15) is 4.79 Å². The van der Waals surface area contributed by atoms with Crippen LogP contribution in [-0.4, -0.2) is 41.2 Å². The van der Waals surface area contributed by atoms with Crippen molar-refractivity contribution < 1.29 is 14.3 Å². The van der Waals surface area contributed by atoms with Gasteiger partial charge in [0.15, 0.2) is 5.13 Å². The monoisotopic (exact) mass is 496 g/mol. The smallest absolute Gasteiger partial charge is 0.262 e. The largest absolute Gasteiger partial charge is 0.495 e. The van der Waals surface area contributed by atoms with Crippen LogP contribution >= 0.6 is 45.9 Å². The number of hydrogen-bond donors (Lipinski definition) is 0. The molecule has 0 fully saturated rings. The molecule has 3 aromatic heterocycles. The molecule has 7 nitrogen and oxygen atoms in total. The molecular weight excluding hydrogens is 479 g/mol. The van der Waals surface area contributed by atoms with Gasteiger partial charge < -0.3 is 14.0 Å². The second-order valence-corrected chi connectivity index (χ2v) is 9.76. The first-order chi connectivity index (χ1) is 15.0. The summed E-state index contributed by atoms with van der Waals surface area (Å²) in [6.07, 6.45) is 6.05. The van der Waals surface area contributed by atoms with Gasteiger partial charge in [-0.05, 0) is 24.6 Å². The van der Waals surface area contributed by atoms with E-state index in [1.165, 1.54) is 11.3 Å². The summed E-state index contributed by atoms with van der Waals surface area (Å²) < 4.78 is 14.5. The molecule has 0 saturated carbocycles. The number of ether oxygens (including phenoxy) is 2. The second kappa shape index (κ2) is 9.44. The van der Waals surface area contributed by atoms with Gasteiger partial charge in [0.1, 0.15) is 26.1 Å². The molecule has 0 atom stereocenters. The Balaban J connectivity index is 1.72. The predicted molar refractivity (Wildman–Crippen MR) is 126 cm³/mol. The molecule has 0 unspecified atom stereocenters. The van der Waals surface area contributed by atoms with Gasteiger partial charge in [0, 0.05) is 25.5 Å². The molecule has 11 heteroatoms. The number of aromatic nitrogens is 3. The fourth-order valence-corrected chi connectivity index (χ4v) is 5.68. The Morgan fingerprint density at radius 1 is 1.19 bits per heavy atom. The van der Waals surface area contributed by atoms with Crippen LogP contribution in [0.2, 0.25) is 8.67 Å². The van der Waals surface area contributed by atoms with Crippen molar-refractivity contribution in [2.45, 2.75) is 13.0 Å². The quantitative estimate of drug-likeness (QED) is 0.316. The number of thiazole rings is 1. The lowest BCUT2D eigenvalue weighted by atomic mass is 10.2. The molecular formula is C20H18Cl2N4O3S2. The number of fused-ring (bicyclic) bond motifs is 1. The highest BCUT2D eigenvalue weighted by Gasteiger charge is 2.26. The molecule has 31 heavy (non-hydrogen) atoms. The molecule has 0 N–H and O–H groups in total. The van der Waals surface area contributed by atoms with Crippen molar-refractivity contribution in [2.24, 2.45) is 0 Å². The Morgan fingerprint density at radius 2 is 1.97 bits per heavy atom. The highest BCUT2D eigenvalue weighted by molar-refractivity contribution is 7.23. The zero-order chi connectivity index (χ0) is 22.0. The van der Waals surface area contributed by atoms with Gasteiger partial charge in [-0.2, -0.15) is 0 Å². The maximum atomic E-state index is 13.4. The third kappa shape index (κ3) is 4.50. The van der Waals surface area contributed by atoms with Crippen LogP contribution in [0.25, 0.3) is 10.2 Å². The zero-order valence-electron chi connectivity index (χ0n) is 16.7. The van der Waals surface area contributed by atoms with E-state index in [1.54, 1.807) is 43.8 Å². The van der Waals surface area contributed by atoms with Crippen molar-refractivity contribution in [1.29, 1.82) is 0 Å². The molecule has 4 aromatic rings. The van der Waals surface area contributed by atoms with E-state index >= 15 is 0 Å². The number of imidazole rings is 1. The Kier molecular flexibility index (Phi) is 6.66. The number of methoxy groups -OCH3 is 2. The van der Waals surface area contributed by atoms with Crippen molar-refractivity contribution in [2.75, 3.05) is 25.7 Å². The molecule has 0 aliphatic rings. The highest BCUT2D eigenvalue weighted by atomic mass is 35.5. The van der Waals surface area contributed by atoms with Crippen LogP contribution in [-0.2, 0) is 6.54 Å². The average molecular weight is 497 g/mol. The number of aryl methyl sites for hydroxylation is 1. The summed E-state index contributed by atoms with van der Waals surface area (Å²) in [5.74, 6) is 1.03. The van der Waals surface area contributed by atoms with Crippen LogP contribution in [0.1, 0.15) is 16.8 Å². The maximum absolute atomic E-state index is 13.4. The zero-order valence-corrected chi connectivity index (χ0v) is 19.8. The number of anilines is 1. The summed E-state index contributed by atoms with van der Waals surface area (Å²) in [5, 5.41) is 0.534. The summed E-state index contributed by atoms with van der Waals surface area (Å²) in [4.78, 5) is 23.8. The van der Waals surface area contributed by atoms with Crippen LogP contribution < -0.4 is 14.4 Å². The van der Waals surface area contributed by atoms with Gasteiger partial charge in [-0.15, -0.1) is 11.3 Å². The lowest BCUT2D eigenvalue weighted by molar-refractivity contribution is 0.0987. The Hall–Kier alpha value is -2.33. The van der Waals surface area contributed by atoms with Crippen molar-refractivity contribution >= 4 is 67.1 Å². The van der Waals surface area contributed by atoms with Gasteiger partial charge in [-0.1, -0.05) is 34.5 Å². The lowest BCUT2D eigenvalue weighted by Gasteiger charge is -2.19. The van der Waals surface area contributed by atoms with Crippen LogP contribution in [0.5, 0.6) is 11.5 Å². The lowest BCUT2D eigenvalue weighted by Crippen LogP contribution is -2.32. The van der Waals surface area contributed by atoms with Crippen molar-refractivity contribution in [1.82, 2.24) is 14.5 Å². The number of thiophene rings is 1. The molecule has 0 saturated heterocycles. The van der Waals surface area contributed by atoms with E-state index in [-0.39, 0.29) is 5.91 Å². The SMILES string of the molecule is COc1ccc(OC)c2sc(N(CCCn3ccnc3)C(=O)c3cc(Cl)sc3Cl)nc12. The van der Waals surface area contributed by atoms with Crippen LogP contribution in [0.4, 0.5) is 5.13 Å². The van der Waals surface area contributed by atoms with Gasteiger partial charge in [0.05, 0.1) is 30.4 Å². The van der Waals surface area contributed by atoms with Gasteiger partial charge >= 0.3 is 0 Å². The molecule has 162 valence electrons. The fraction of sp³-hybridized carbons (Fsp3) is 0.250. The minimum Gasteiger partial charge on any atom is -0.495 e.